The molecule has 0 aromatic heterocycles. The van der Waals surface area contributed by atoms with Crippen molar-refractivity contribution in [2.75, 3.05) is 6.61 Å². The molecule has 4 aromatic carbocycles. The molecule has 0 saturated heterocycles. The molecule has 4 aromatic rings. The maximum atomic E-state index is 15.6. The Morgan fingerprint density at radius 2 is 1.54 bits per heavy atom. The second-order valence-electron chi connectivity index (χ2n) is 9.14. The van der Waals surface area contributed by atoms with Gasteiger partial charge in [0.25, 0.3) is 0 Å². The summed E-state index contributed by atoms with van der Waals surface area (Å²) in [6.45, 7) is 8.58. The van der Waals surface area contributed by atoms with Gasteiger partial charge in [-0.3, -0.25) is 0 Å². The molecule has 2 heteroatoms. The van der Waals surface area contributed by atoms with E-state index < -0.39 is 0 Å². The van der Waals surface area contributed by atoms with Gasteiger partial charge in [-0.05, 0) is 82.5 Å². The van der Waals surface area contributed by atoms with E-state index in [2.05, 4.69) is 56.8 Å². The molecule has 0 aliphatic rings. The molecule has 1 nitrogen and oxygen atoms in total. The maximum Gasteiger partial charge on any atom is 0.131 e. The van der Waals surface area contributed by atoms with Crippen LogP contribution in [0.15, 0.2) is 85.5 Å². The highest BCUT2D eigenvalue weighted by atomic mass is 19.1. The Hall–Kier alpha value is -3.39. The molecular formula is C33H35FO. The predicted molar refractivity (Wildman–Crippen MR) is 148 cm³/mol. The predicted octanol–water partition coefficient (Wildman–Crippen LogP) is 9.56. The van der Waals surface area contributed by atoms with Crippen molar-refractivity contribution in [1.29, 1.82) is 0 Å². The zero-order chi connectivity index (χ0) is 24.6. The van der Waals surface area contributed by atoms with Crippen LogP contribution in [0.5, 0.6) is 5.75 Å². The maximum absolute atomic E-state index is 15.6. The standard InChI is InChI=1S/C33H35FO/c1-4-7-11-26-22-25-12-9-10-14-29(25)31(13-8-5-2)33(26)27-17-20-30(32(34)23-27)24-15-18-28(19-16-24)35-21-6-3/h6,9-10,12,14-20,22-23H,3-5,7-8,11,13,21H2,1-2H3. The number of hydrogen-bond donors (Lipinski definition) is 0. The lowest BCUT2D eigenvalue weighted by Crippen LogP contribution is -2.00. The van der Waals surface area contributed by atoms with Crippen LogP contribution >= 0.6 is 0 Å². The third kappa shape index (κ3) is 5.65. The van der Waals surface area contributed by atoms with Crippen LogP contribution in [-0.4, -0.2) is 6.61 Å². The number of aryl methyl sites for hydroxylation is 2. The molecule has 0 N–H and O–H groups in total. The van der Waals surface area contributed by atoms with Crippen LogP contribution in [0.25, 0.3) is 33.0 Å². The molecule has 0 radical (unpaired) electrons. The monoisotopic (exact) mass is 466 g/mol. The third-order valence-corrected chi connectivity index (χ3v) is 6.61. The second-order valence-corrected chi connectivity index (χ2v) is 9.14. The van der Waals surface area contributed by atoms with Gasteiger partial charge in [0.15, 0.2) is 0 Å². The molecule has 0 amide bonds. The summed E-state index contributed by atoms with van der Waals surface area (Å²) in [7, 11) is 0. The van der Waals surface area contributed by atoms with Gasteiger partial charge < -0.3 is 4.74 Å². The Kier molecular flexibility index (Phi) is 8.36. The van der Waals surface area contributed by atoms with Gasteiger partial charge in [-0.15, -0.1) is 0 Å². The molecule has 0 saturated carbocycles. The number of benzene rings is 4. The van der Waals surface area contributed by atoms with E-state index in [4.69, 9.17) is 4.74 Å². The number of unbranched alkanes of at least 4 members (excludes halogenated alkanes) is 2. The zero-order valence-electron chi connectivity index (χ0n) is 20.9. The lowest BCUT2D eigenvalue weighted by Gasteiger charge is -2.19. The average Bonchev–Trinajstić information content (AvgIpc) is 2.89. The van der Waals surface area contributed by atoms with Gasteiger partial charge >= 0.3 is 0 Å². The van der Waals surface area contributed by atoms with Crippen LogP contribution in [0.1, 0.15) is 50.7 Å². The molecule has 0 spiro atoms. The first-order valence-electron chi connectivity index (χ1n) is 12.8. The molecular weight excluding hydrogens is 431 g/mol. The van der Waals surface area contributed by atoms with Crippen molar-refractivity contribution in [3.63, 3.8) is 0 Å². The van der Waals surface area contributed by atoms with E-state index in [9.17, 15) is 0 Å². The summed E-state index contributed by atoms with van der Waals surface area (Å²) in [6, 6.07) is 24.3. The van der Waals surface area contributed by atoms with Crippen molar-refractivity contribution in [3.8, 4) is 28.0 Å². The van der Waals surface area contributed by atoms with Gasteiger partial charge in [0.05, 0.1) is 0 Å². The van der Waals surface area contributed by atoms with Crippen LogP contribution in [0.4, 0.5) is 4.39 Å². The molecule has 0 atom stereocenters. The van der Waals surface area contributed by atoms with Gasteiger partial charge in [-0.2, -0.15) is 0 Å². The molecule has 0 bridgehead atoms. The molecule has 0 aliphatic heterocycles. The third-order valence-electron chi connectivity index (χ3n) is 6.61. The second kappa shape index (κ2) is 11.8. The first-order valence-corrected chi connectivity index (χ1v) is 12.8. The average molecular weight is 467 g/mol. The van der Waals surface area contributed by atoms with E-state index in [1.807, 2.05) is 30.3 Å². The van der Waals surface area contributed by atoms with E-state index in [-0.39, 0.29) is 5.82 Å². The summed E-state index contributed by atoms with van der Waals surface area (Å²) in [5.41, 5.74) is 6.33. The van der Waals surface area contributed by atoms with E-state index >= 15 is 4.39 Å². The van der Waals surface area contributed by atoms with Crippen LogP contribution in [0, 0.1) is 5.82 Å². The molecule has 0 fully saturated rings. The number of rotatable bonds is 11. The van der Waals surface area contributed by atoms with E-state index in [0.717, 1.165) is 55.4 Å². The normalized spacial score (nSPS) is 11.1. The van der Waals surface area contributed by atoms with Crippen LogP contribution in [0.3, 0.4) is 0 Å². The Balaban J connectivity index is 1.80. The van der Waals surface area contributed by atoms with Gasteiger partial charge in [0.1, 0.15) is 18.2 Å². The Morgan fingerprint density at radius 1 is 0.829 bits per heavy atom. The van der Waals surface area contributed by atoms with Crippen molar-refractivity contribution in [2.24, 2.45) is 0 Å². The largest absolute Gasteiger partial charge is 0.490 e. The molecule has 180 valence electrons. The van der Waals surface area contributed by atoms with Crippen molar-refractivity contribution in [1.82, 2.24) is 0 Å². The number of fused-ring (bicyclic) bond motifs is 1. The summed E-state index contributed by atoms with van der Waals surface area (Å²) in [5.74, 6) is 0.557. The van der Waals surface area contributed by atoms with Gasteiger partial charge in [0.2, 0.25) is 0 Å². The summed E-state index contributed by atoms with van der Waals surface area (Å²) < 4.78 is 21.1. The first kappa shape index (κ1) is 24.7. The SMILES string of the molecule is C=CCOc1ccc(-c2ccc(-c3c(CCCC)cc4ccccc4c3CCCC)cc2F)cc1. The van der Waals surface area contributed by atoms with Crippen LogP contribution in [0.2, 0.25) is 0 Å². The molecule has 35 heavy (non-hydrogen) atoms. The highest BCUT2D eigenvalue weighted by molar-refractivity contribution is 5.94. The van der Waals surface area contributed by atoms with E-state index in [1.165, 1.54) is 27.5 Å². The van der Waals surface area contributed by atoms with Crippen LogP contribution < -0.4 is 4.74 Å². The highest BCUT2D eigenvalue weighted by Crippen LogP contribution is 2.38. The quantitative estimate of drug-likeness (QED) is 0.200. The minimum atomic E-state index is -0.196. The Bertz CT molecular complexity index is 1290. The summed E-state index contributed by atoms with van der Waals surface area (Å²) >= 11 is 0. The zero-order valence-corrected chi connectivity index (χ0v) is 20.9. The lowest BCUT2D eigenvalue weighted by atomic mass is 9.85. The first-order chi connectivity index (χ1) is 17.2. The van der Waals surface area contributed by atoms with Crippen molar-refractivity contribution in [2.45, 2.75) is 52.4 Å². The minimum Gasteiger partial charge on any atom is -0.490 e. The minimum absolute atomic E-state index is 0.196. The van der Waals surface area contributed by atoms with E-state index in [1.54, 1.807) is 12.1 Å². The Morgan fingerprint density at radius 3 is 2.26 bits per heavy atom. The van der Waals surface area contributed by atoms with Crippen molar-refractivity contribution in [3.05, 3.63) is 102 Å². The summed E-state index contributed by atoms with van der Waals surface area (Å²) in [5, 5.41) is 2.57. The van der Waals surface area contributed by atoms with E-state index in [0.29, 0.717) is 12.2 Å². The molecule has 0 unspecified atom stereocenters. The smallest absolute Gasteiger partial charge is 0.131 e. The van der Waals surface area contributed by atoms with Crippen molar-refractivity contribution < 1.29 is 9.13 Å². The fraction of sp³-hybridized carbons (Fsp3) is 0.273. The molecule has 0 heterocycles. The highest BCUT2D eigenvalue weighted by Gasteiger charge is 2.17. The fourth-order valence-electron chi connectivity index (χ4n) is 4.81. The van der Waals surface area contributed by atoms with Crippen molar-refractivity contribution >= 4 is 10.8 Å². The van der Waals surface area contributed by atoms with Crippen LogP contribution in [-0.2, 0) is 12.8 Å². The van der Waals surface area contributed by atoms with Gasteiger partial charge in [-0.25, -0.2) is 4.39 Å². The molecule has 0 aliphatic carbocycles. The lowest BCUT2D eigenvalue weighted by molar-refractivity contribution is 0.363. The van der Waals surface area contributed by atoms with Gasteiger partial charge in [0, 0.05) is 5.56 Å². The fourth-order valence-corrected chi connectivity index (χ4v) is 4.81. The number of ether oxygens (including phenoxy) is 1. The number of hydrogen-bond acceptors (Lipinski definition) is 1. The number of halogens is 1. The summed E-state index contributed by atoms with van der Waals surface area (Å²) in [6.07, 6.45) is 8.23. The molecule has 4 rings (SSSR count). The Labute approximate surface area is 209 Å². The topological polar surface area (TPSA) is 9.23 Å². The van der Waals surface area contributed by atoms with Gasteiger partial charge in [-0.1, -0.05) is 93.9 Å². The summed E-state index contributed by atoms with van der Waals surface area (Å²) in [4.78, 5) is 0.